The predicted octanol–water partition coefficient (Wildman–Crippen LogP) is 1.22. The lowest BCUT2D eigenvalue weighted by atomic mass is 10.1. The van der Waals surface area contributed by atoms with Crippen molar-refractivity contribution < 1.29 is 4.79 Å². The van der Waals surface area contributed by atoms with E-state index < -0.39 is 0 Å². The third kappa shape index (κ3) is 2.48. The maximum atomic E-state index is 11.9. The highest BCUT2D eigenvalue weighted by Crippen LogP contribution is 2.19. The van der Waals surface area contributed by atoms with Crippen molar-refractivity contribution in [3.63, 3.8) is 0 Å². The van der Waals surface area contributed by atoms with Gasteiger partial charge in [-0.2, -0.15) is 0 Å². The zero-order valence-corrected chi connectivity index (χ0v) is 9.91. The van der Waals surface area contributed by atoms with Gasteiger partial charge in [0.15, 0.2) is 0 Å². The lowest BCUT2D eigenvalue weighted by Crippen LogP contribution is -2.32. The van der Waals surface area contributed by atoms with Crippen LogP contribution in [0.5, 0.6) is 0 Å². The zero-order valence-electron chi connectivity index (χ0n) is 9.09. The molecule has 1 heterocycles. The summed E-state index contributed by atoms with van der Waals surface area (Å²) in [5.41, 5.74) is 5.71. The van der Waals surface area contributed by atoms with E-state index in [0.717, 1.165) is 5.01 Å². The Bertz CT molecular complexity index is 388. The molecule has 0 aromatic carbocycles. The van der Waals surface area contributed by atoms with Crippen LogP contribution in [0.25, 0.3) is 0 Å². The molecule has 3 unspecified atom stereocenters. The SMILES string of the molecule is CC(NC(=O)C1C=CC(N)C1)c1nccs1. The van der Waals surface area contributed by atoms with Gasteiger partial charge in [0.2, 0.25) is 5.91 Å². The van der Waals surface area contributed by atoms with Gasteiger partial charge in [0, 0.05) is 17.6 Å². The van der Waals surface area contributed by atoms with Gasteiger partial charge in [0.1, 0.15) is 5.01 Å². The molecule has 16 heavy (non-hydrogen) atoms. The molecule has 0 radical (unpaired) electrons. The van der Waals surface area contributed by atoms with Crippen LogP contribution in [0.1, 0.15) is 24.4 Å². The third-order valence-electron chi connectivity index (χ3n) is 2.63. The highest BCUT2D eigenvalue weighted by Gasteiger charge is 2.24. The zero-order chi connectivity index (χ0) is 11.5. The number of hydrogen-bond acceptors (Lipinski definition) is 4. The number of carbonyl (C=O) groups excluding carboxylic acids is 1. The first kappa shape index (κ1) is 11.3. The summed E-state index contributed by atoms with van der Waals surface area (Å²) in [5, 5.41) is 5.78. The maximum Gasteiger partial charge on any atom is 0.227 e. The minimum absolute atomic E-state index is 0.0194. The molecule has 0 bridgehead atoms. The standard InChI is InChI=1S/C11H15N3OS/c1-7(11-13-4-5-16-11)14-10(15)8-2-3-9(12)6-8/h2-5,7-9H,6,12H2,1H3,(H,14,15). The van der Waals surface area contributed by atoms with E-state index in [1.54, 1.807) is 17.5 Å². The number of aromatic nitrogens is 1. The second-order valence-electron chi connectivity index (χ2n) is 3.99. The summed E-state index contributed by atoms with van der Waals surface area (Å²) in [6.45, 7) is 1.94. The Hall–Kier alpha value is -1.20. The van der Waals surface area contributed by atoms with E-state index in [-0.39, 0.29) is 23.9 Å². The van der Waals surface area contributed by atoms with Crippen LogP contribution in [0.2, 0.25) is 0 Å². The van der Waals surface area contributed by atoms with Crippen molar-refractivity contribution in [2.45, 2.75) is 25.4 Å². The van der Waals surface area contributed by atoms with Crippen LogP contribution >= 0.6 is 11.3 Å². The van der Waals surface area contributed by atoms with E-state index in [0.29, 0.717) is 6.42 Å². The number of nitrogens with one attached hydrogen (secondary N) is 1. The van der Waals surface area contributed by atoms with Crippen LogP contribution in [0.4, 0.5) is 0 Å². The summed E-state index contributed by atoms with van der Waals surface area (Å²) < 4.78 is 0. The van der Waals surface area contributed by atoms with Crippen molar-refractivity contribution in [1.82, 2.24) is 10.3 Å². The Labute approximate surface area is 98.6 Å². The van der Waals surface area contributed by atoms with Crippen LogP contribution < -0.4 is 11.1 Å². The molecule has 1 amide bonds. The number of hydrogen-bond donors (Lipinski definition) is 2. The smallest absolute Gasteiger partial charge is 0.227 e. The number of thiazole rings is 1. The Kier molecular flexibility index (Phi) is 3.36. The quantitative estimate of drug-likeness (QED) is 0.777. The Balaban J connectivity index is 1.90. The van der Waals surface area contributed by atoms with Crippen LogP contribution in [0, 0.1) is 5.92 Å². The molecule has 0 aliphatic heterocycles. The van der Waals surface area contributed by atoms with Crippen molar-refractivity contribution in [3.05, 3.63) is 28.7 Å². The Morgan fingerprint density at radius 3 is 3.06 bits per heavy atom. The summed E-state index contributed by atoms with van der Waals surface area (Å²) >= 11 is 1.55. The molecule has 3 N–H and O–H groups in total. The summed E-state index contributed by atoms with van der Waals surface area (Å²) in [5.74, 6) is -0.0516. The molecule has 4 nitrogen and oxygen atoms in total. The number of nitrogens with zero attached hydrogens (tertiary/aromatic N) is 1. The minimum atomic E-state index is -0.0857. The predicted molar refractivity (Wildman–Crippen MR) is 63.9 cm³/mol. The van der Waals surface area contributed by atoms with Crippen molar-refractivity contribution in [1.29, 1.82) is 0 Å². The van der Waals surface area contributed by atoms with Crippen molar-refractivity contribution in [3.8, 4) is 0 Å². The highest BCUT2D eigenvalue weighted by molar-refractivity contribution is 7.09. The molecule has 1 aromatic heterocycles. The van der Waals surface area contributed by atoms with Gasteiger partial charge >= 0.3 is 0 Å². The molecule has 5 heteroatoms. The van der Waals surface area contributed by atoms with Gasteiger partial charge < -0.3 is 11.1 Å². The van der Waals surface area contributed by atoms with Gasteiger partial charge in [-0.15, -0.1) is 11.3 Å². The molecule has 0 saturated heterocycles. The summed E-state index contributed by atoms with van der Waals surface area (Å²) in [6, 6.07) is -0.0105. The Morgan fingerprint density at radius 2 is 2.50 bits per heavy atom. The molecule has 1 aromatic rings. The molecule has 0 spiro atoms. The normalized spacial score (nSPS) is 25.6. The van der Waals surface area contributed by atoms with Crippen LogP contribution in [-0.4, -0.2) is 16.9 Å². The van der Waals surface area contributed by atoms with Gasteiger partial charge in [-0.25, -0.2) is 4.98 Å². The van der Waals surface area contributed by atoms with Crippen LogP contribution in [0.15, 0.2) is 23.7 Å². The molecule has 0 saturated carbocycles. The van der Waals surface area contributed by atoms with Crippen molar-refractivity contribution >= 4 is 17.2 Å². The van der Waals surface area contributed by atoms with Crippen LogP contribution in [0.3, 0.4) is 0 Å². The minimum Gasteiger partial charge on any atom is -0.347 e. The Morgan fingerprint density at radius 1 is 1.69 bits per heavy atom. The first-order valence-electron chi connectivity index (χ1n) is 5.30. The third-order valence-corrected chi connectivity index (χ3v) is 3.59. The first-order chi connectivity index (χ1) is 7.66. The van der Waals surface area contributed by atoms with Crippen molar-refractivity contribution in [2.75, 3.05) is 0 Å². The highest BCUT2D eigenvalue weighted by atomic mass is 32.1. The molecule has 2 rings (SSSR count). The number of rotatable bonds is 3. The molecule has 1 aliphatic carbocycles. The molecule has 3 atom stereocenters. The second-order valence-corrected chi connectivity index (χ2v) is 4.92. The van der Waals surface area contributed by atoms with E-state index in [4.69, 9.17) is 5.73 Å². The number of carbonyl (C=O) groups is 1. The molecular weight excluding hydrogens is 222 g/mol. The van der Waals surface area contributed by atoms with Gasteiger partial charge in [-0.1, -0.05) is 12.2 Å². The van der Waals surface area contributed by atoms with Crippen LogP contribution in [-0.2, 0) is 4.79 Å². The largest absolute Gasteiger partial charge is 0.347 e. The molecule has 0 fully saturated rings. The number of amides is 1. The van der Waals surface area contributed by atoms with Gasteiger partial charge in [0.25, 0.3) is 0 Å². The van der Waals surface area contributed by atoms with Gasteiger partial charge in [0.05, 0.1) is 12.0 Å². The fraction of sp³-hybridized carbons (Fsp3) is 0.455. The summed E-state index contributed by atoms with van der Waals surface area (Å²) in [4.78, 5) is 16.0. The first-order valence-corrected chi connectivity index (χ1v) is 6.18. The van der Waals surface area contributed by atoms with Gasteiger partial charge in [-0.05, 0) is 13.3 Å². The molecule has 86 valence electrons. The molecule has 1 aliphatic rings. The van der Waals surface area contributed by atoms with E-state index in [2.05, 4.69) is 10.3 Å². The lowest BCUT2D eigenvalue weighted by molar-refractivity contribution is -0.124. The average Bonchev–Trinajstić information content (AvgIpc) is 2.87. The fourth-order valence-electron chi connectivity index (χ4n) is 1.75. The van der Waals surface area contributed by atoms with Gasteiger partial charge in [-0.3, -0.25) is 4.79 Å². The van der Waals surface area contributed by atoms with E-state index in [1.165, 1.54) is 0 Å². The fourth-order valence-corrected chi connectivity index (χ4v) is 2.40. The van der Waals surface area contributed by atoms with Crippen molar-refractivity contribution in [2.24, 2.45) is 11.7 Å². The average molecular weight is 237 g/mol. The second kappa shape index (κ2) is 4.76. The summed E-state index contributed by atoms with van der Waals surface area (Å²) in [6.07, 6.45) is 6.22. The van der Waals surface area contributed by atoms with E-state index >= 15 is 0 Å². The number of nitrogens with two attached hydrogens (primary N) is 1. The van der Waals surface area contributed by atoms with E-state index in [9.17, 15) is 4.79 Å². The maximum absolute atomic E-state index is 11.9. The van der Waals surface area contributed by atoms with E-state index in [1.807, 2.05) is 24.5 Å². The monoisotopic (exact) mass is 237 g/mol. The lowest BCUT2D eigenvalue weighted by Gasteiger charge is -2.14. The molecular formula is C11H15N3OS. The summed E-state index contributed by atoms with van der Waals surface area (Å²) in [7, 11) is 0. The topological polar surface area (TPSA) is 68.0 Å².